The molecule has 0 fully saturated rings. The fourth-order valence-corrected chi connectivity index (χ4v) is 9.13. The third-order valence-corrected chi connectivity index (χ3v) is 12.2. The van der Waals surface area contributed by atoms with Gasteiger partial charge < -0.3 is 50.2 Å². The molecule has 1 aliphatic carbocycles. The van der Waals surface area contributed by atoms with Crippen molar-refractivity contribution < 1.29 is 28.5 Å². The van der Waals surface area contributed by atoms with Crippen molar-refractivity contribution in [2.75, 3.05) is 48.5 Å². The van der Waals surface area contributed by atoms with Crippen LogP contribution in [-0.4, -0.2) is 77.3 Å². The number of rotatable bonds is 18. The molecule has 0 radical (unpaired) electrons. The fourth-order valence-electron chi connectivity index (χ4n) is 9.13. The minimum absolute atomic E-state index is 0.0812. The van der Waals surface area contributed by atoms with Crippen molar-refractivity contribution in [3.63, 3.8) is 0 Å². The van der Waals surface area contributed by atoms with E-state index in [4.69, 9.17) is 30.4 Å². The number of benzene rings is 4. The van der Waals surface area contributed by atoms with Gasteiger partial charge in [-0.3, -0.25) is 9.59 Å². The van der Waals surface area contributed by atoms with E-state index in [1.165, 1.54) is 25.3 Å². The maximum atomic E-state index is 14.1. The lowest BCUT2D eigenvalue weighted by Crippen LogP contribution is -2.19. The van der Waals surface area contributed by atoms with Crippen molar-refractivity contribution in [3.8, 4) is 23.0 Å². The molecule has 0 atom stereocenters. The van der Waals surface area contributed by atoms with Crippen molar-refractivity contribution in [3.05, 3.63) is 130 Å². The first-order valence-corrected chi connectivity index (χ1v) is 24.6. The average Bonchev–Trinajstić information content (AvgIpc) is 3.97. The predicted molar refractivity (Wildman–Crippen MR) is 277 cm³/mol. The van der Waals surface area contributed by atoms with Crippen LogP contribution in [0.15, 0.2) is 86.0 Å². The molecule has 1 aliphatic rings. The molecule has 372 valence electrons. The smallest absolute Gasteiger partial charge is 0.244 e. The van der Waals surface area contributed by atoms with Crippen molar-refractivity contribution in [2.45, 2.75) is 92.2 Å². The van der Waals surface area contributed by atoms with E-state index in [0.29, 0.717) is 97.3 Å². The lowest BCUT2D eigenvalue weighted by molar-refractivity contribution is -0.117. The second-order valence-corrected chi connectivity index (χ2v) is 17.9. The summed E-state index contributed by atoms with van der Waals surface area (Å²) in [4.78, 5) is 53.7. The highest BCUT2D eigenvalue weighted by Gasteiger charge is 2.25. The largest absolute Gasteiger partial charge is 0.493 e. The topological polar surface area (TPSA) is 234 Å². The monoisotopic (exact) mass is 972 g/mol. The molecule has 0 saturated heterocycles. The number of carbonyl (C=O) groups is 2. The maximum Gasteiger partial charge on any atom is 0.244 e. The van der Waals surface area contributed by atoms with Gasteiger partial charge in [0.2, 0.25) is 11.8 Å². The number of anilines is 4. The van der Waals surface area contributed by atoms with Crippen LogP contribution in [0.1, 0.15) is 97.9 Å². The summed E-state index contributed by atoms with van der Waals surface area (Å²) in [5.74, 6) is 2.85. The normalized spacial score (nSPS) is 12.2. The van der Waals surface area contributed by atoms with Crippen LogP contribution in [0.25, 0.3) is 22.3 Å². The van der Waals surface area contributed by atoms with Gasteiger partial charge in [-0.1, -0.05) is 64.1 Å². The van der Waals surface area contributed by atoms with Gasteiger partial charge in [0, 0.05) is 59.3 Å². The van der Waals surface area contributed by atoms with Crippen molar-refractivity contribution in [1.82, 2.24) is 39.0 Å². The lowest BCUT2D eigenvalue weighted by atomic mass is 9.90. The van der Waals surface area contributed by atoms with Gasteiger partial charge >= 0.3 is 0 Å². The Morgan fingerprint density at radius 2 is 0.806 bits per heavy atom. The van der Waals surface area contributed by atoms with Crippen LogP contribution in [0, 0.1) is 0 Å². The van der Waals surface area contributed by atoms with Crippen molar-refractivity contribution >= 4 is 57.2 Å². The van der Waals surface area contributed by atoms with Gasteiger partial charge in [0.05, 0.1) is 39.1 Å². The number of nitrogens with one attached hydrogen (secondary N) is 2. The summed E-state index contributed by atoms with van der Waals surface area (Å²) < 4.78 is 30.2. The number of hydrogen-bond acceptors (Lipinski definition) is 14. The first-order chi connectivity index (χ1) is 35.1. The number of nitrogens with two attached hydrogens (primary N) is 2. The molecule has 4 aromatic carbocycles. The van der Waals surface area contributed by atoms with Crippen molar-refractivity contribution in [1.29, 1.82) is 0 Å². The molecule has 18 nitrogen and oxygen atoms in total. The molecule has 8 aromatic rings. The van der Waals surface area contributed by atoms with Crippen LogP contribution in [0.5, 0.6) is 23.0 Å². The lowest BCUT2D eigenvalue weighted by Gasteiger charge is -2.24. The number of hydrogen-bond donors (Lipinski definition) is 4. The van der Waals surface area contributed by atoms with E-state index in [1.54, 1.807) is 9.13 Å². The van der Waals surface area contributed by atoms with Crippen LogP contribution in [0.4, 0.5) is 23.0 Å². The number of ether oxygens (including phenoxy) is 4. The van der Waals surface area contributed by atoms with Crippen LogP contribution >= 0.6 is 0 Å². The van der Waals surface area contributed by atoms with Gasteiger partial charge in [-0.2, -0.15) is 0 Å². The first kappa shape index (κ1) is 48.7. The number of imidazole rings is 2. The van der Waals surface area contributed by atoms with Gasteiger partial charge in [0.1, 0.15) is 59.8 Å². The maximum absolute atomic E-state index is 14.1. The molecule has 6 N–H and O–H groups in total. The number of fused-ring (bicyclic) bond motifs is 10. The van der Waals surface area contributed by atoms with Gasteiger partial charge in [0.25, 0.3) is 0 Å². The number of para-hydroxylation sites is 2. The Kier molecular flexibility index (Phi) is 15.0. The van der Waals surface area contributed by atoms with Crippen LogP contribution < -0.4 is 41.0 Å². The Hall–Kier alpha value is -8.28. The summed E-state index contributed by atoms with van der Waals surface area (Å²) in [6.07, 6.45) is 10.6. The Morgan fingerprint density at radius 3 is 1.15 bits per heavy atom. The number of nitrogens with zero attached hydrogens (tertiary/aromatic N) is 8. The molecule has 18 heteroatoms. The van der Waals surface area contributed by atoms with Gasteiger partial charge in [0.15, 0.2) is 22.9 Å². The van der Waals surface area contributed by atoms with E-state index in [-0.39, 0.29) is 36.5 Å². The number of amides is 2. The molecule has 0 unspecified atom stereocenters. The van der Waals surface area contributed by atoms with Gasteiger partial charge in [-0.15, -0.1) is 0 Å². The zero-order valence-electron chi connectivity index (χ0n) is 41.2. The minimum Gasteiger partial charge on any atom is -0.493 e. The fraction of sp³-hybridized carbons (Fsp3) is 0.333. The Labute approximate surface area is 417 Å². The van der Waals surface area contributed by atoms with Gasteiger partial charge in [-0.25, -0.2) is 29.9 Å². The van der Waals surface area contributed by atoms with E-state index >= 15 is 0 Å². The molecule has 0 spiro atoms. The van der Waals surface area contributed by atoms with Crippen molar-refractivity contribution in [2.24, 2.45) is 0 Å². The van der Waals surface area contributed by atoms with E-state index < -0.39 is 0 Å². The predicted octanol–water partition coefficient (Wildman–Crippen LogP) is 8.24. The highest BCUT2D eigenvalue weighted by molar-refractivity contribution is 5.93. The Balaban J connectivity index is 1.21. The standard InChI is InChI=1S/C54H60N12O6/c1-5-15-69-47-33-11-9-13-35(47)20-37-23-41(63-43(67)27-65-31-61-45-51(55)57-29-59-53(45)65)25-39(49(37)71-17-7-3)22-40-26-42(64-44(68)28-66-32-62-46-52(56)58-30-60-54(46)66)24-38(50(40)72-18-8-4)21-36-14-10-12-34(19-33)48(36)70-16-6-2/h9-14,23-26,29-32H,5-8,15-22,27-28H2,1-4H3,(H,63,67)(H,64,68)(H2,55,57,59)(H2,56,58,60). The quantitative estimate of drug-likeness (QED) is 0.0634. The highest BCUT2D eigenvalue weighted by Crippen LogP contribution is 2.41. The summed E-state index contributed by atoms with van der Waals surface area (Å²) in [5, 5.41) is 6.37. The summed E-state index contributed by atoms with van der Waals surface area (Å²) in [6, 6.07) is 20.4. The van der Waals surface area contributed by atoms with E-state index in [2.05, 4.69) is 105 Å². The molecular formula is C54H60N12O6. The van der Waals surface area contributed by atoms with Crippen LogP contribution in [0.2, 0.25) is 0 Å². The molecule has 72 heavy (non-hydrogen) atoms. The van der Waals surface area contributed by atoms with E-state index in [9.17, 15) is 9.59 Å². The molecule has 4 heterocycles. The third-order valence-electron chi connectivity index (χ3n) is 12.2. The summed E-state index contributed by atoms with van der Waals surface area (Å²) in [7, 11) is 0. The average molecular weight is 973 g/mol. The first-order valence-electron chi connectivity index (χ1n) is 24.6. The number of carbonyl (C=O) groups excluding carboxylic acids is 2. The third kappa shape index (κ3) is 10.7. The van der Waals surface area contributed by atoms with Crippen LogP contribution in [0.3, 0.4) is 0 Å². The summed E-state index contributed by atoms with van der Waals surface area (Å²) >= 11 is 0. The molecule has 0 saturated carbocycles. The molecule has 4 aromatic heterocycles. The number of nitrogen functional groups attached to an aromatic ring is 2. The van der Waals surface area contributed by atoms with E-state index in [1.807, 2.05) is 24.3 Å². The minimum atomic E-state index is -0.303. The SMILES string of the molecule is CCCOc1c2cccc1Cc1cc(NC(=O)Cn3cnc4c(N)ncnc43)cc(c1OCCC)Cc1cc(NC(=O)Cn3cnc4c(N)ncnc43)cc(c1OCCC)Cc1cccc(c1OCCC)C2. The molecular weight excluding hydrogens is 913 g/mol. The molecule has 2 amide bonds. The second-order valence-electron chi connectivity index (χ2n) is 17.9. The summed E-state index contributed by atoms with van der Waals surface area (Å²) in [6.45, 7) is 10.1. The molecule has 8 bridgehead atoms. The summed E-state index contributed by atoms with van der Waals surface area (Å²) in [5.41, 5.74) is 22.3. The van der Waals surface area contributed by atoms with Crippen LogP contribution in [-0.2, 0) is 48.4 Å². The number of aromatic nitrogens is 8. The van der Waals surface area contributed by atoms with Gasteiger partial charge in [-0.05, 0) is 72.2 Å². The zero-order chi connectivity index (χ0) is 50.1. The Bertz CT molecular complexity index is 3050. The zero-order valence-corrected chi connectivity index (χ0v) is 41.2. The van der Waals surface area contributed by atoms with E-state index in [0.717, 1.165) is 81.7 Å². The second kappa shape index (κ2) is 22.2. The molecule has 0 aliphatic heterocycles. The molecule has 9 rings (SSSR count). The Morgan fingerprint density at radius 1 is 0.486 bits per heavy atom. The highest BCUT2D eigenvalue weighted by atomic mass is 16.5.